The molecule has 0 unspecified atom stereocenters. The number of aryl methyl sites for hydroxylation is 1. The number of halogens is 2. The van der Waals surface area contributed by atoms with E-state index in [9.17, 15) is 4.39 Å². The Bertz CT molecular complexity index is 510. The number of benzene rings is 1. The van der Waals surface area contributed by atoms with Gasteiger partial charge in [-0.2, -0.15) is 0 Å². The van der Waals surface area contributed by atoms with Crippen LogP contribution in [0, 0.1) is 12.7 Å². The average Bonchev–Trinajstić information content (AvgIpc) is 2.61. The van der Waals surface area contributed by atoms with E-state index in [1.54, 1.807) is 19.1 Å². The van der Waals surface area contributed by atoms with Crippen LogP contribution < -0.4 is 5.73 Å². The molecule has 5 heteroatoms. The quantitative estimate of drug-likeness (QED) is 0.813. The molecule has 1 aromatic heterocycles. The van der Waals surface area contributed by atoms with Crippen LogP contribution in [-0.4, -0.2) is 5.16 Å². The lowest BCUT2D eigenvalue weighted by Gasteiger charge is -2.03. The van der Waals surface area contributed by atoms with E-state index in [-0.39, 0.29) is 10.9 Å². The molecule has 1 aromatic carbocycles. The van der Waals surface area contributed by atoms with Crippen LogP contribution in [0.4, 0.5) is 10.3 Å². The minimum atomic E-state index is -0.448. The Hall–Kier alpha value is -1.55. The SMILES string of the molecule is Cc1ccc(-c2cc(N)on2)c(Cl)c1F. The fourth-order valence-corrected chi connectivity index (χ4v) is 1.57. The number of aromatic nitrogens is 1. The Labute approximate surface area is 90.6 Å². The molecule has 0 aliphatic heterocycles. The zero-order valence-corrected chi connectivity index (χ0v) is 8.68. The summed E-state index contributed by atoms with van der Waals surface area (Å²) in [5.41, 5.74) is 6.75. The highest BCUT2D eigenvalue weighted by Gasteiger charge is 2.13. The topological polar surface area (TPSA) is 52.0 Å². The molecule has 78 valence electrons. The zero-order chi connectivity index (χ0) is 11.0. The molecular weight excluding hydrogens is 219 g/mol. The van der Waals surface area contributed by atoms with Crippen molar-refractivity contribution in [2.45, 2.75) is 6.92 Å². The molecule has 2 N–H and O–H groups in total. The lowest BCUT2D eigenvalue weighted by molar-refractivity contribution is 0.439. The van der Waals surface area contributed by atoms with Crippen LogP contribution in [0.25, 0.3) is 11.3 Å². The molecule has 2 rings (SSSR count). The predicted octanol–water partition coefficient (Wildman–Crippen LogP) is 3.02. The largest absolute Gasteiger partial charge is 0.368 e. The van der Waals surface area contributed by atoms with Gasteiger partial charge in [-0.1, -0.05) is 28.9 Å². The Morgan fingerprint density at radius 2 is 2.20 bits per heavy atom. The van der Waals surface area contributed by atoms with Crippen molar-refractivity contribution in [2.24, 2.45) is 0 Å². The molecule has 0 atom stereocenters. The van der Waals surface area contributed by atoms with Gasteiger partial charge in [-0.3, -0.25) is 0 Å². The molecule has 1 heterocycles. The molecule has 0 saturated heterocycles. The van der Waals surface area contributed by atoms with Gasteiger partial charge < -0.3 is 10.3 Å². The van der Waals surface area contributed by atoms with Crippen molar-refractivity contribution in [3.05, 3.63) is 34.6 Å². The van der Waals surface area contributed by atoms with Crippen LogP contribution in [0.1, 0.15) is 5.56 Å². The summed E-state index contributed by atoms with van der Waals surface area (Å²) in [6.07, 6.45) is 0. The fraction of sp³-hybridized carbons (Fsp3) is 0.100. The van der Waals surface area contributed by atoms with Crippen LogP contribution in [-0.2, 0) is 0 Å². The minimum Gasteiger partial charge on any atom is -0.368 e. The van der Waals surface area contributed by atoms with Gasteiger partial charge in [0.25, 0.3) is 0 Å². The molecule has 0 amide bonds. The maximum Gasteiger partial charge on any atom is 0.222 e. The van der Waals surface area contributed by atoms with Gasteiger partial charge >= 0.3 is 0 Å². The van der Waals surface area contributed by atoms with Gasteiger partial charge in [0, 0.05) is 11.6 Å². The Morgan fingerprint density at radius 1 is 1.47 bits per heavy atom. The van der Waals surface area contributed by atoms with Crippen molar-refractivity contribution >= 4 is 17.5 Å². The Morgan fingerprint density at radius 3 is 2.80 bits per heavy atom. The molecule has 0 aliphatic rings. The third kappa shape index (κ3) is 1.68. The third-order valence-corrected chi connectivity index (χ3v) is 2.45. The van der Waals surface area contributed by atoms with Gasteiger partial charge in [0.2, 0.25) is 5.88 Å². The molecular formula is C10H8ClFN2O. The monoisotopic (exact) mass is 226 g/mol. The second-order valence-corrected chi connectivity index (χ2v) is 3.55. The van der Waals surface area contributed by atoms with E-state index in [4.69, 9.17) is 21.9 Å². The summed E-state index contributed by atoms with van der Waals surface area (Å²) in [5, 5.41) is 3.70. The normalized spacial score (nSPS) is 10.6. The van der Waals surface area contributed by atoms with E-state index in [2.05, 4.69) is 5.16 Å². The first-order valence-electron chi connectivity index (χ1n) is 4.26. The molecule has 3 nitrogen and oxygen atoms in total. The first-order chi connectivity index (χ1) is 7.09. The molecule has 0 bridgehead atoms. The van der Waals surface area contributed by atoms with Gasteiger partial charge in [0.05, 0.1) is 5.02 Å². The smallest absolute Gasteiger partial charge is 0.222 e. The zero-order valence-electron chi connectivity index (χ0n) is 7.92. The van der Waals surface area contributed by atoms with E-state index in [1.165, 1.54) is 6.07 Å². The van der Waals surface area contributed by atoms with Gasteiger partial charge in [0.15, 0.2) is 0 Å². The molecule has 0 saturated carbocycles. The lowest BCUT2D eigenvalue weighted by atomic mass is 10.1. The average molecular weight is 227 g/mol. The standard InChI is InChI=1S/C10H8ClFN2O/c1-5-2-3-6(9(11)10(5)12)7-4-8(13)15-14-7/h2-4H,13H2,1H3. The van der Waals surface area contributed by atoms with Crippen molar-refractivity contribution < 1.29 is 8.91 Å². The molecule has 0 fully saturated rings. The summed E-state index contributed by atoms with van der Waals surface area (Å²) in [6.45, 7) is 1.64. The summed E-state index contributed by atoms with van der Waals surface area (Å²) in [6, 6.07) is 4.80. The molecule has 2 aromatic rings. The number of nitrogens with zero attached hydrogens (tertiary/aromatic N) is 1. The molecule has 0 radical (unpaired) electrons. The Balaban J connectivity index is 2.59. The van der Waals surface area contributed by atoms with Crippen molar-refractivity contribution in [2.75, 3.05) is 5.73 Å². The van der Waals surface area contributed by atoms with Crippen LogP contribution in [0.3, 0.4) is 0 Å². The van der Waals surface area contributed by atoms with E-state index in [0.29, 0.717) is 16.8 Å². The van der Waals surface area contributed by atoms with Crippen molar-refractivity contribution in [3.63, 3.8) is 0 Å². The summed E-state index contributed by atoms with van der Waals surface area (Å²) < 4.78 is 18.2. The first kappa shape index (κ1) is 9.98. The van der Waals surface area contributed by atoms with Crippen molar-refractivity contribution in [1.29, 1.82) is 0 Å². The summed E-state index contributed by atoms with van der Waals surface area (Å²) >= 11 is 5.84. The molecule has 0 spiro atoms. The number of hydrogen-bond donors (Lipinski definition) is 1. The maximum atomic E-state index is 13.5. The first-order valence-corrected chi connectivity index (χ1v) is 4.64. The number of nitrogens with two attached hydrogens (primary N) is 1. The molecule has 15 heavy (non-hydrogen) atoms. The second kappa shape index (κ2) is 3.55. The van der Waals surface area contributed by atoms with Crippen LogP contribution in [0.2, 0.25) is 5.02 Å². The van der Waals surface area contributed by atoms with Gasteiger partial charge in [-0.15, -0.1) is 0 Å². The third-order valence-electron chi connectivity index (χ3n) is 2.08. The summed E-state index contributed by atoms with van der Waals surface area (Å²) in [7, 11) is 0. The lowest BCUT2D eigenvalue weighted by Crippen LogP contribution is -1.87. The second-order valence-electron chi connectivity index (χ2n) is 3.17. The van der Waals surface area contributed by atoms with Crippen molar-refractivity contribution in [3.8, 4) is 11.3 Å². The maximum absolute atomic E-state index is 13.5. The van der Waals surface area contributed by atoms with E-state index in [1.807, 2.05) is 0 Å². The van der Waals surface area contributed by atoms with Gasteiger partial charge in [0.1, 0.15) is 11.5 Å². The Kier molecular flexibility index (Phi) is 2.36. The van der Waals surface area contributed by atoms with E-state index >= 15 is 0 Å². The van der Waals surface area contributed by atoms with Crippen molar-refractivity contribution in [1.82, 2.24) is 5.16 Å². The predicted molar refractivity (Wildman–Crippen MR) is 56.1 cm³/mol. The van der Waals surface area contributed by atoms with Gasteiger partial charge in [-0.25, -0.2) is 4.39 Å². The highest BCUT2D eigenvalue weighted by atomic mass is 35.5. The minimum absolute atomic E-state index is 0.0308. The van der Waals surface area contributed by atoms with E-state index in [0.717, 1.165) is 0 Å². The molecule has 0 aliphatic carbocycles. The summed E-state index contributed by atoms with van der Waals surface area (Å²) in [4.78, 5) is 0. The fourth-order valence-electron chi connectivity index (χ4n) is 1.26. The van der Waals surface area contributed by atoms with Crippen LogP contribution >= 0.6 is 11.6 Å². The number of nitrogen functional groups attached to an aromatic ring is 1. The van der Waals surface area contributed by atoms with E-state index < -0.39 is 5.82 Å². The highest BCUT2D eigenvalue weighted by Crippen LogP contribution is 2.31. The number of rotatable bonds is 1. The van der Waals surface area contributed by atoms with Crippen LogP contribution in [0.15, 0.2) is 22.7 Å². The number of anilines is 1. The number of hydrogen-bond acceptors (Lipinski definition) is 3. The van der Waals surface area contributed by atoms with Gasteiger partial charge in [-0.05, 0) is 12.5 Å². The highest BCUT2D eigenvalue weighted by molar-refractivity contribution is 6.33. The van der Waals surface area contributed by atoms with Crippen LogP contribution in [0.5, 0.6) is 0 Å². The summed E-state index contributed by atoms with van der Waals surface area (Å²) in [5.74, 6) is -0.280.